The van der Waals surface area contributed by atoms with Gasteiger partial charge in [-0.05, 0) is 25.1 Å². The monoisotopic (exact) mass is 256 g/mol. The highest BCUT2D eigenvalue weighted by Crippen LogP contribution is 2.15. The van der Waals surface area contributed by atoms with Crippen LogP contribution < -0.4 is 0 Å². The van der Waals surface area contributed by atoms with E-state index in [4.69, 9.17) is 0 Å². The van der Waals surface area contributed by atoms with Crippen LogP contribution in [0.2, 0.25) is 0 Å². The van der Waals surface area contributed by atoms with Crippen molar-refractivity contribution in [3.63, 3.8) is 0 Å². The van der Waals surface area contributed by atoms with E-state index < -0.39 is 29.1 Å². The molecule has 0 radical (unpaired) electrons. The molecule has 0 spiro atoms. The Labute approximate surface area is 101 Å². The van der Waals surface area contributed by atoms with Crippen molar-refractivity contribution in [1.29, 1.82) is 0 Å². The molecule has 1 aromatic rings. The van der Waals surface area contributed by atoms with Gasteiger partial charge in [0.25, 0.3) is 5.78 Å². The van der Waals surface area contributed by atoms with Gasteiger partial charge in [-0.15, -0.1) is 0 Å². The van der Waals surface area contributed by atoms with Crippen molar-refractivity contribution in [2.24, 2.45) is 0 Å². The molecule has 1 aromatic carbocycles. The van der Waals surface area contributed by atoms with Crippen molar-refractivity contribution in [2.75, 3.05) is 6.61 Å². The molecule has 0 aliphatic rings. The first kappa shape index (κ1) is 13.8. The molecule has 6 heteroatoms. The number of halogens is 2. The zero-order valence-corrected chi connectivity index (χ0v) is 9.44. The van der Waals surface area contributed by atoms with Gasteiger partial charge in [0.15, 0.2) is 11.6 Å². The molecule has 0 atom stereocenters. The largest absolute Gasteiger partial charge is 0.507 e. The molecule has 0 fully saturated rings. The number of hydrogen-bond acceptors (Lipinski definition) is 4. The van der Waals surface area contributed by atoms with Gasteiger partial charge in [0.2, 0.25) is 0 Å². The summed E-state index contributed by atoms with van der Waals surface area (Å²) in [5, 5.41) is 9.47. The Hall–Kier alpha value is -2.24. The van der Waals surface area contributed by atoms with Crippen LogP contribution in [-0.2, 0) is 14.3 Å². The van der Waals surface area contributed by atoms with E-state index in [-0.39, 0.29) is 12.2 Å². The predicted octanol–water partition coefficient (Wildman–Crippen LogP) is 2.00. The fraction of sp³-hybridized carbons (Fsp3) is 0.167. The van der Waals surface area contributed by atoms with Gasteiger partial charge < -0.3 is 9.84 Å². The fourth-order valence-electron chi connectivity index (χ4n) is 1.12. The minimum Gasteiger partial charge on any atom is -0.507 e. The zero-order valence-electron chi connectivity index (χ0n) is 9.44. The number of hydrogen-bond donors (Lipinski definition) is 1. The molecule has 1 rings (SSSR count). The number of ether oxygens (including phenoxy) is 1. The number of carbonyl (C=O) groups excluding carboxylic acids is 2. The van der Waals surface area contributed by atoms with Crippen molar-refractivity contribution in [1.82, 2.24) is 0 Å². The Kier molecular flexibility index (Phi) is 4.53. The van der Waals surface area contributed by atoms with Crippen LogP contribution in [0, 0.1) is 11.6 Å². The fourth-order valence-corrected chi connectivity index (χ4v) is 1.12. The Bertz CT molecular complexity index is 509. The number of benzene rings is 1. The van der Waals surface area contributed by atoms with Crippen LogP contribution in [-0.4, -0.2) is 23.5 Å². The van der Waals surface area contributed by atoms with E-state index in [1.807, 2.05) is 0 Å². The minimum absolute atomic E-state index is 0.0182. The first-order valence-electron chi connectivity index (χ1n) is 5.03. The van der Waals surface area contributed by atoms with E-state index in [1.165, 1.54) is 6.92 Å². The van der Waals surface area contributed by atoms with Crippen LogP contribution >= 0.6 is 0 Å². The average Bonchev–Trinajstić information content (AvgIpc) is 2.32. The van der Waals surface area contributed by atoms with E-state index in [0.29, 0.717) is 12.1 Å². The summed E-state index contributed by atoms with van der Waals surface area (Å²) in [7, 11) is 0. The summed E-state index contributed by atoms with van der Waals surface area (Å²) in [5.74, 6) is -5.11. The maximum atomic E-state index is 12.9. The molecule has 0 unspecified atom stereocenters. The van der Waals surface area contributed by atoms with E-state index >= 15 is 0 Å². The summed E-state index contributed by atoms with van der Waals surface area (Å²) >= 11 is 0. The van der Waals surface area contributed by atoms with Crippen molar-refractivity contribution in [3.05, 3.63) is 41.5 Å². The molecule has 0 aliphatic heterocycles. The zero-order chi connectivity index (χ0) is 13.7. The number of ketones is 1. The maximum Gasteiger partial charge on any atom is 0.379 e. The number of carbonyl (C=O) groups is 2. The first-order chi connectivity index (χ1) is 8.45. The molecule has 0 saturated carbocycles. The summed E-state index contributed by atoms with van der Waals surface area (Å²) in [4.78, 5) is 22.2. The van der Waals surface area contributed by atoms with Crippen LogP contribution in [0.15, 0.2) is 24.3 Å². The molecule has 1 N–H and O–H groups in total. The summed E-state index contributed by atoms with van der Waals surface area (Å²) in [6.45, 7) is 1.54. The summed E-state index contributed by atoms with van der Waals surface area (Å²) in [5.41, 5.74) is -0.119. The van der Waals surface area contributed by atoms with Gasteiger partial charge in [0.05, 0.1) is 6.61 Å². The number of esters is 1. The molecule has 18 heavy (non-hydrogen) atoms. The number of rotatable bonds is 4. The Morgan fingerprint density at radius 1 is 1.33 bits per heavy atom. The van der Waals surface area contributed by atoms with Crippen LogP contribution in [0.5, 0.6) is 0 Å². The second-order valence-electron chi connectivity index (χ2n) is 3.24. The highest BCUT2D eigenvalue weighted by atomic mass is 19.2. The second-order valence-corrected chi connectivity index (χ2v) is 3.24. The predicted molar refractivity (Wildman–Crippen MR) is 58.6 cm³/mol. The van der Waals surface area contributed by atoms with Gasteiger partial charge in [-0.2, -0.15) is 0 Å². The Morgan fingerprint density at radius 3 is 2.56 bits per heavy atom. The molecular formula is C12H10F2O4. The molecule has 0 bridgehead atoms. The highest BCUT2D eigenvalue weighted by molar-refractivity contribution is 6.39. The highest BCUT2D eigenvalue weighted by Gasteiger charge is 2.14. The van der Waals surface area contributed by atoms with Gasteiger partial charge in [-0.25, -0.2) is 13.6 Å². The van der Waals surface area contributed by atoms with E-state index in [1.54, 1.807) is 0 Å². The first-order valence-corrected chi connectivity index (χ1v) is 5.03. The molecule has 0 heterocycles. The van der Waals surface area contributed by atoms with Gasteiger partial charge in [0.1, 0.15) is 5.76 Å². The number of aliphatic hydroxyl groups is 1. The van der Waals surface area contributed by atoms with Gasteiger partial charge >= 0.3 is 5.97 Å². The lowest BCUT2D eigenvalue weighted by atomic mass is 10.1. The van der Waals surface area contributed by atoms with Crippen molar-refractivity contribution in [3.8, 4) is 0 Å². The lowest BCUT2D eigenvalue weighted by molar-refractivity contribution is -0.151. The molecule has 0 aliphatic carbocycles. The van der Waals surface area contributed by atoms with Crippen LogP contribution in [0.25, 0.3) is 5.76 Å². The van der Waals surface area contributed by atoms with Gasteiger partial charge in [-0.1, -0.05) is 0 Å². The molecule has 0 aromatic heterocycles. The normalized spacial score (nSPS) is 11.2. The minimum atomic E-state index is -1.17. The lowest BCUT2D eigenvalue weighted by Crippen LogP contribution is -2.15. The average molecular weight is 256 g/mol. The SMILES string of the molecule is CCOC(=O)C(=O)C=C(O)c1ccc(F)c(F)c1. The van der Waals surface area contributed by atoms with Crippen LogP contribution in [0.1, 0.15) is 12.5 Å². The van der Waals surface area contributed by atoms with Gasteiger partial charge in [0, 0.05) is 11.6 Å². The van der Waals surface area contributed by atoms with Crippen LogP contribution in [0.4, 0.5) is 8.78 Å². The van der Waals surface area contributed by atoms with Crippen molar-refractivity contribution >= 4 is 17.5 Å². The third-order valence-corrected chi connectivity index (χ3v) is 1.96. The van der Waals surface area contributed by atoms with Crippen molar-refractivity contribution in [2.45, 2.75) is 6.92 Å². The number of aliphatic hydroxyl groups excluding tert-OH is 1. The standard InChI is InChI=1S/C12H10F2O4/c1-2-18-12(17)11(16)6-10(15)7-3-4-8(13)9(14)5-7/h3-6,15H,2H2,1H3. The van der Waals surface area contributed by atoms with E-state index in [9.17, 15) is 23.5 Å². The lowest BCUT2D eigenvalue weighted by Gasteiger charge is -2.01. The quantitative estimate of drug-likeness (QED) is 0.387. The third-order valence-electron chi connectivity index (χ3n) is 1.96. The topological polar surface area (TPSA) is 63.6 Å². The molecule has 0 saturated heterocycles. The van der Waals surface area contributed by atoms with Crippen molar-refractivity contribution < 1.29 is 28.2 Å². The molecule has 96 valence electrons. The smallest absolute Gasteiger partial charge is 0.379 e. The molecule has 0 amide bonds. The summed E-state index contributed by atoms with van der Waals surface area (Å²) in [6.07, 6.45) is 0.588. The third kappa shape index (κ3) is 3.38. The Morgan fingerprint density at radius 2 is 2.00 bits per heavy atom. The van der Waals surface area contributed by atoms with E-state index in [0.717, 1.165) is 12.1 Å². The summed E-state index contributed by atoms with van der Waals surface area (Å²) < 4.78 is 29.9. The molecular weight excluding hydrogens is 246 g/mol. The maximum absolute atomic E-state index is 12.9. The van der Waals surface area contributed by atoms with Crippen LogP contribution in [0.3, 0.4) is 0 Å². The summed E-state index contributed by atoms with van der Waals surface area (Å²) in [6, 6.07) is 2.58. The second kappa shape index (κ2) is 5.90. The van der Waals surface area contributed by atoms with Gasteiger partial charge in [-0.3, -0.25) is 4.79 Å². The van der Waals surface area contributed by atoms with E-state index in [2.05, 4.69) is 4.74 Å². The Balaban J connectivity index is 2.92. The molecule has 4 nitrogen and oxygen atoms in total.